The maximum Gasteiger partial charge on any atom is 0.102 e. The van der Waals surface area contributed by atoms with E-state index in [1.807, 2.05) is 6.08 Å². The first-order valence-corrected chi connectivity index (χ1v) is 4.39. The van der Waals surface area contributed by atoms with Crippen molar-refractivity contribution in [2.24, 2.45) is 5.73 Å². The smallest absolute Gasteiger partial charge is 0.102 e. The number of aliphatic hydroxyl groups excluding tert-OH is 1. The predicted molar refractivity (Wildman–Crippen MR) is 48.5 cm³/mol. The number of allylic oxidation sites excluding steroid dienone is 1. The van der Waals surface area contributed by atoms with Crippen LogP contribution in [0.1, 0.15) is 39.0 Å². The zero-order chi connectivity index (χ0) is 8.53. The molecule has 0 fully saturated rings. The summed E-state index contributed by atoms with van der Waals surface area (Å²) in [4.78, 5) is 0. The highest BCUT2D eigenvalue weighted by Gasteiger charge is 1.88. The molecule has 2 nitrogen and oxygen atoms in total. The van der Waals surface area contributed by atoms with Gasteiger partial charge in [0.1, 0.15) is 5.76 Å². The quantitative estimate of drug-likeness (QED) is 0.459. The summed E-state index contributed by atoms with van der Waals surface area (Å²) in [5.74, 6) is 0.321. The lowest BCUT2D eigenvalue weighted by Crippen LogP contribution is -2.01. The highest BCUT2D eigenvalue weighted by molar-refractivity contribution is 4.91. The number of aliphatic hydroxyl groups is 1. The van der Waals surface area contributed by atoms with E-state index in [1.165, 1.54) is 19.3 Å². The Hall–Kier alpha value is -0.500. The van der Waals surface area contributed by atoms with Gasteiger partial charge in [0.25, 0.3) is 0 Å². The molecule has 3 N–H and O–H groups in total. The van der Waals surface area contributed by atoms with Crippen molar-refractivity contribution < 1.29 is 5.11 Å². The Kier molecular flexibility index (Phi) is 7.26. The van der Waals surface area contributed by atoms with Crippen molar-refractivity contribution in [1.82, 2.24) is 0 Å². The van der Waals surface area contributed by atoms with E-state index in [2.05, 4.69) is 6.92 Å². The lowest BCUT2D eigenvalue weighted by Gasteiger charge is -1.96. The minimum absolute atomic E-state index is 0.272. The molecule has 0 amide bonds. The Labute approximate surface area is 69.1 Å². The molecule has 0 aromatic rings. The molecule has 0 radical (unpaired) electrons. The molecule has 2 heteroatoms. The van der Waals surface area contributed by atoms with E-state index in [4.69, 9.17) is 10.8 Å². The number of hydrogen-bond donors (Lipinski definition) is 2. The minimum Gasteiger partial charge on any atom is -0.511 e. The largest absolute Gasteiger partial charge is 0.511 e. The Morgan fingerprint density at radius 1 is 1.36 bits per heavy atom. The van der Waals surface area contributed by atoms with Gasteiger partial charge in [0.2, 0.25) is 0 Å². The van der Waals surface area contributed by atoms with Crippen LogP contribution in [-0.4, -0.2) is 11.7 Å². The monoisotopic (exact) mass is 157 g/mol. The van der Waals surface area contributed by atoms with Gasteiger partial charge in [-0.1, -0.05) is 26.2 Å². The molecule has 11 heavy (non-hydrogen) atoms. The van der Waals surface area contributed by atoms with Crippen LogP contribution in [-0.2, 0) is 0 Å². The van der Waals surface area contributed by atoms with Gasteiger partial charge in [-0.15, -0.1) is 0 Å². The van der Waals surface area contributed by atoms with E-state index >= 15 is 0 Å². The molecular weight excluding hydrogens is 138 g/mol. The van der Waals surface area contributed by atoms with Crippen molar-refractivity contribution in [3.63, 3.8) is 0 Å². The van der Waals surface area contributed by atoms with E-state index in [-0.39, 0.29) is 6.54 Å². The van der Waals surface area contributed by atoms with Gasteiger partial charge in [-0.05, 0) is 18.9 Å². The summed E-state index contributed by atoms with van der Waals surface area (Å²) in [6.07, 6.45) is 7.74. The van der Waals surface area contributed by atoms with Crippen molar-refractivity contribution in [1.29, 1.82) is 0 Å². The van der Waals surface area contributed by atoms with Crippen molar-refractivity contribution in [2.45, 2.75) is 39.0 Å². The first-order chi connectivity index (χ1) is 5.31. The molecule has 0 atom stereocenters. The topological polar surface area (TPSA) is 46.2 Å². The fourth-order valence-corrected chi connectivity index (χ4v) is 0.923. The summed E-state index contributed by atoms with van der Waals surface area (Å²) in [6, 6.07) is 0. The van der Waals surface area contributed by atoms with Crippen LogP contribution >= 0.6 is 0 Å². The van der Waals surface area contributed by atoms with Crippen LogP contribution in [0, 0.1) is 0 Å². The number of unbranched alkanes of at least 4 members (excludes halogenated alkanes) is 4. The van der Waals surface area contributed by atoms with E-state index in [1.54, 1.807) is 0 Å². The number of hydrogen-bond acceptors (Lipinski definition) is 2. The molecule has 0 saturated carbocycles. The third-order valence-electron chi connectivity index (χ3n) is 1.65. The summed E-state index contributed by atoms with van der Waals surface area (Å²) in [7, 11) is 0. The van der Waals surface area contributed by atoms with Crippen molar-refractivity contribution >= 4 is 0 Å². The molecular formula is C9H19NO. The zero-order valence-corrected chi connectivity index (χ0v) is 7.34. The first kappa shape index (κ1) is 10.5. The van der Waals surface area contributed by atoms with Gasteiger partial charge in [-0.2, -0.15) is 0 Å². The van der Waals surface area contributed by atoms with Gasteiger partial charge in [-0.3, -0.25) is 0 Å². The van der Waals surface area contributed by atoms with Gasteiger partial charge in [0.15, 0.2) is 0 Å². The number of rotatable bonds is 6. The third kappa shape index (κ3) is 7.40. The highest BCUT2D eigenvalue weighted by atomic mass is 16.3. The van der Waals surface area contributed by atoms with Crippen LogP contribution in [0.5, 0.6) is 0 Å². The maximum absolute atomic E-state index is 8.95. The van der Waals surface area contributed by atoms with Crippen LogP contribution in [0.3, 0.4) is 0 Å². The van der Waals surface area contributed by atoms with E-state index in [0.717, 1.165) is 12.8 Å². The molecule has 0 rings (SSSR count). The highest BCUT2D eigenvalue weighted by Crippen LogP contribution is 2.03. The standard InChI is InChI=1S/C9H19NO/c1-2-3-4-5-6-7-9(11)8-10/h7,11H,2-6,8,10H2,1H3/b9-7-. The molecule has 0 aromatic heterocycles. The Morgan fingerprint density at radius 3 is 2.64 bits per heavy atom. The van der Waals surface area contributed by atoms with Crippen LogP contribution < -0.4 is 5.73 Å². The predicted octanol–water partition coefficient (Wildman–Crippen LogP) is 2.36. The van der Waals surface area contributed by atoms with Gasteiger partial charge in [0, 0.05) is 0 Å². The molecule has 0 aliphatic rings. The van der Waals surface area contributed by atoms with Crippen LogP contribution in [0.25, 0.3) is 0 Å². The first-order valence-electron chi connectivity index (χ1n) is 4.39. The van der Waals surface area contributed by atoms with Crippen molar-refractivity contribution in [2.75, 3.05) is 6.54 Å². The third-order valence-corrected chi connectivity index (χ3v) is 1.65. The second-order valence-electron chi connectivity index (χ2n) is 2.75. The van der Waals surface area contributed by atoms with Crippen molar-refractivity contribution in [3.8, 4) is 0 Å². The lowest BCUT2D eigenvalue weighted by atomic mass is 10.1. The van der Waals surface area contributed by atoms with Crippen LogP contribution in [0.2, 0.25) is 0 Å². The second-order valence-corrected chi connectivity index (χ2v) is 2.75. The molecule has 0 aliphatic heterocycles. The van der Waals surface area contributed by atoms with E-state index in [9.17, 15) is 0 Å². The molecule has 0 saturated heterocycles. The summed E-state index contributed by atoms with van der Waals surface area (Å²) in [6.45, 7) is 2.46. The average Bonchev–Trinajstić information content (AvgIpc) is 2.04. The van der Waals surface area contributed by atoms with Gasteiger partial charge < -0.3 is 10.8 Å². The minimum atomic E-state index is 0.272. The summed E-state index contributed by atoms with van der Waals surface area (Å²) in [5, 5.41) is 8.95. The summed E-state index contributed by atoms with van der Waals surface area (Å²) in [5.41, 5.74) is 5.19. The van der Waals surface area contributed by atoms with Gasteiger partial charge in [0.05, 0.1) is 6.54 Å². The normalized spacial score (nSPS) is 12.0. The van der Waals surface area contributed by atoms with E-state index < -0.39 is 0 Å². The average molecular weight is 157 g/mol. The molecule has 0 aromatic carbocycles. The van der Waals surface area contributed by atoms with Crippen LogP contribution in [0.4, 0.5) is 0 Å². The lowest BCUT2D eigenvalue weighted by molar-refractivity contribution is 0.400. The molecule has 66 valence electrons. The maximum atomic E-state index is 8.95. The zero-order valence-electron chi connectivity index (χ0n) is 7.34. The molecule has 0 aliphatic carbocycles. The SMILES string of the molecule is CCCCCC/C=C(\O)CN. The number of nitrogens with two attached hydrogens (primary N) is 1. The molecule has 0 spiro atoms. The summed E-state index contributed by atoms with van der Waals surface area (Å²) >= 11 is 0. The van der Waals surface area contributed by atoms with E-state index in [0.29, 0.717) is 5.76 Å². The van der Waals surface area contributed by atoms with Gasteiger partial charge >= 0.3 is 0 Å². The fourth-order valence-electron chi connectivity index (χ4n) is 0.923. The van der Waals surface area contributed by atoms with Crippen LogP contribution in [0.15, 0.2) is 11.8 Å². The molecule has 0 heterocycles. The summed E-state index contributed by atoms with van der Waals surface area (Å²) < 4.78 is 0. The van der Waals surface area contributed by atoms with Gasteiger partial charge in [-0.25, -0.2) is 0 Å². The Morgan fingerprint density at radius 2 is 2.09 bits per heavy atom. The van der Waals surface area contributed by atoms with Crippen molar-refractivity contribution in [3.05, 3.63) is 11.8 Å². The second kappa shape index (κ2) is 7.61. The molecule has 0 unspecified atom stereocenters. The Balaban J connectivity index is 3.12. The molecule has 0 bridgehead atoms. The fraction of sp³-hybridized carbons (Fsp3) is 0.778. The Bertz CT molecular complexity index is 110.